The molecule has 1 aliphatic rings. The van der Waals surface area contributed by atoms with E-state index in [0.717, 1.165) is 0 Å². The van der Waals surface area contributed by atoms with Crippen LogP contribution < -0.4 is 16.0 Å². The lowest BCUT2D eigenvalue weighted by Crippen LogP contribution is -2.34. The molecule has 3 aromatic rings. The fourth-order valence-corrected chi connectivity index (χ4v) is 4.25. The number of aliphatic imine (C=N–C) groups is 1. The van der Waals surface area contributed by atoms with E-state index in [1.165, 1.54) is 12.1 Å². The number of hydrogen-bond donors (Lipinski definition) is 2. The van der Waals surface area contributed by atoms with Gasteiger partial charge in [0.15, 0.2) is 0 Å². The molecular formula is C26H25ClN6O4. The molecule has 2 amide bonds. The minimum atomic E-state index is -0.834. The number of rotatable bonds is 7. The average Bonchev–Trinajstić information content (AvgIpc) is 3.16. The second-order valence-corrected chi connectivity index (χ2v) is 9.32. The summed E-state index contributed by atoms with van der Waals surface area (Å²) in [7, 11) is 5.32. The van der Waals surface area contributed by atoms with Crippen molar-refractivity contribution in [2.75, 3.05) is 43.6 Å². The molecule has 190 valence electrons. The molecule has 0 aliphatic carbocycles. The molecule has 1 atom stereocenters. The predicted octanol–water partition coefficient (Wildman–Crippen LogP) is 4.21. The van der Waals surface area contributed by atoms with Crippen molar-refractivity contribution in [2.45, 2.75) is 5.92 Å². The van der Waals surface area contributed by atoms with Crippen LogP contribution in [-0.2, 0) is 9.59 Å². The van der Waals surface area contributed by atoms with Crippen LogP contribution in [0.25, 0.3) is 0 Å². The Morgan fingerprint density at radius 1 is 1.11 bits per heavy atom. The normalized spacial score (nSPS) is 14.9. The summed E-state index contributed by atoms with van der Waals surface area (Å²) in [4.78, 5) is 44.6. The second-order valence-electron chi connectivity index (χ2n) is 8.89. The molecule has 1 aliphatic heterocycles. The molecule has 0 spiro atoms. The number of nitrogens with zero attached hydrogens (tertiary/aromatic N) is 4. The smallest absolute Gasteiger partial charge is 0.292 e. The monoisotopic (exact) mass is 520 g/mol. The molecule has 0 fully saturated rings. The fraction of sp³-hybridized carbons (Fsp3) is 0.192. The first-order chi connectivity index (χ1) is 17.5. The molecule has 0 saturated heterocycles. The van der Waals surface area contributed by atoms with Crippen LogP contribution in [0.5, 0.6) is 0 Å². The fourth-order valence-electron chi connectivity index (χ4n) is 4.07. The van der Waals surface area contributed by atoms with E-state index in [2.05, 4.69) is 5.32 Å². The summed E-state index contributed by atoms with van der Waals surface area (Å²) in [5.74, 6) is -1.24. The molecule has 0 saturated carbocycles. The molecule has 11 heteroatoms. The Hall–Kier alpha value is -4.28. The van der Waals surface area contributed by atoms with Gasteiger partial charge in [-0.3, -0.25) is 24.7 Å². The van der Waals surface area contributed by atoms with Gasteiger partial charge in [0.05, 0.1) is 22.9 Å². The van der Waals surface area contributed by atoms with Crippen LogP contribution in [-0.4, -0.2) is 55.0 Å². The number of anilines is 3. The van der Waals surface area contributed by atoms with Crippen molar-refractivity contribution in [1.29, 1.82) is 0 Å². The van der Waals surface area contributed by atoms with Crippen LogP contribution in [0.15, 0.2) is 65.7 Å². The first-order valence-electron chi connectivity index (χ1n) is 11.3. The van der Waals surface area contributed by atoms with Crippen LogP contribution in [0, 0.1) is 10.1 Å². The first kappa shape index (κ1) is 25.8. The van der Waals surface area contributed by atoms with Gasteiger partial charge in [0, 0.05) is 35.1 Å². The standard InChI is InChI=1S/C26H25ClN6O4/c1-31(2)14-23(34)32(3)18-8-6-17(7-9-18)29-25(15-4-11-20(28)22(12-15)33(36)37)24-19-10-5-16(27)13-21(19)30-26(24)35/h4-13,24H,14,28H2,1-3H3,(H,30,35). The van der Waals surface area contributed by atoms with Crippen LogP contribution in [0.1, 0.15) is 17.0 Å². The molecule has 37 heavy (non-hydrogen) atoms. The highest BCUT2D eigenvalue weighted by Gasteiger charge is 2.36. The highest BCUT2D eigenvalue weighted by Crippen LogP contribution is 2.38. The van der Waals surface area contributed by atoms with Gasteiger partial charge in [-0.2, -0.15) is 0 Å². The van der Waals surface area contributed by atoms with Crippen LogP contribution >= 0.6 is 11.6 Å². The SMILES string of the molecule is CN(C)CC(=O)N(C)c1ccc(N=C(c2ccc(N)c([N+](=O)[O-])c2)C2C(=O)Nc3cc(Cl)ccc32)cc1. The maximum atomic E-state index is 13.1. The third-order valence-electron chi connectivity index (χ3n) is 5.95. The van der Waals surface area contributed by atoms with Gasteiger partial charge in [0.2, 0.25) is 11.8 Å². The number of halogens is 1. The Morgan fingerprint density at radius 3 is 2.46 bits per heavy atom. The van der Waals surface area contributed by atoms with Crippen molar-refractivity contribution in [3.8, 4) is 0 Å². The second kappa shape index (κ2) is 10.4. The Kier molecular flexibility index (Phi) is 7.23. The van der Waals surface area contributed by atoms with Crippen molar-refractivity contribution in [3.63, 3.8) is 0 Å². The van der Waals surface area contributed by atoms with Gasteiger partial charge in [-0.15, -0.1) is 0 Å². The highest BCUT2D eigenvalue weighted by atomic mass is 35.5. The zero-order chi connectivity index (χ0) is 26.9. The molecule has 1 heterocycles. The van der Waals surface area contributed by atoms with E-state index >= 15 is 0 Å². The molecule has 0 radical (unpaired) electrons. The van der Waals surface area contributed by atoms with Crippen molar-refractivity contribution in [3.05, 3.63) is 86.9 Å². The number of benzene rings is 3. The number of hydrogen-bond acceptors (Lipinski definition) is 7. The van der Waals surface area contributed by atoms with Crippen LogP contribution in [0.3, 0.4) is 0 Å². The maximum Gasteiger partial charge on any atom is 0.292 e. The van der Waals surface area contributed by atoms with Crippen LogP contribution in [0.4, 0.5) is 28.4 Å². The van der Waals surface area contributed by atoms with E-state index < -0.39 is 10.8 Å². The Balaban J connectivity index is 1.79. The van der Waals surface area contributed by atoms with E-state index in [4.69, 9.17) is 22.3 Å². The number of nitro benzene ring substituents is 1. The van der Waals surface area contributed by atoms with Gasteiger partial charge >= 0.3 is 0 Å². The number of fused-ring (bicyclic) bond motifs is 1. The summed E-state index contributed by atoms with van der Waals surface area (Å²) >= 11 is 6.11. The highest BCUT2D eigenvalue weighted by molar-refractivity contribution is 6.31. The van der Waals surface area contributed by atoms with Gasteiger partial charge < -0.3 is 20.9 Å². The van der Waals surface area contributed by atoms with Crippen molar-refractivity contribution < 1.29 is 14.5 Å². The lowest BCUT2D eigenvalue weighted by atomic mass is 9.90. The number of likely N-dealkylation sites (N-methyl/N-ethyl adjacent to an activating group) is 2. The topological polar surface area (TPSA) is 134 Å². The zero-order valence-electron chi connectivity index (χ0n) is 20.4. The van der Waals surface area contributed by atoms with Crippen molar-refractivity contribution in [1.82, 2.24) is 4.90 Å². The van der Waals surface area contributed by atoms with Gasteiger partial charge in [0.25, 0.3) is 5.69 Å². The first-order valence-corrected chi connectivity index (χ1v) is 11.7. The quantitative estimate of drug-likeness (QED) is 0.207. The van der Waals surface area contributed by atoms with E-state index in [0.29, 0.717) is 38.9 Å². The van der Waals surface area contributed by atoms with Gasteiger partial charge in [-0.05, 0) is 62.1 Å². The summed E-state index contributed by atoms with van der Waals surface area (Å²) in [6, 6.07) is 16.3. The minimum Gasteiger partial charge on any atom is -0.393 e. The van der Waals surface area contributed by atoms with E-state index in [-0.39, 0.29) is 29.7 Å². The molecule has 4 rings (SSSR count). The summed E-state index contributed by atoms with van der Waals surface area (Å²) in [6.45, 7) is 0.261. The summed E-state index contributed by atoms with van der Waals surface area (Å²) < 4.78 is 0. The van der Waals surface area contributed by atoms with Gasteiger partial charge in [-0.25, -0.2) is 0 Å². The average molecular weight is 521 g/mol. The Labute approximate surface area is 218 Å². The predicted molar refractivity (Wildman–Crippen MR) is 145 cm³/mol. The number of nitrogen functional groups attached to an aromatic ring is 1. The summed E-state index contributed by atoms with van der Waals surface area (Å²) in [5.41, 5.74) is 8.60. The number of nitro groups is 1. The minimum absolute atomic E-state index is 0.00550. The molecular weight excluding hydrogens is 496 g/mol. The van der Waals surface area contributed by atoms with Crippen molar-refractivity contribution >= 4 is 57.6 Å². The molecule has 3 N–H and O–H groups in total. The number of carbonyl (C=O) groups excluding carboxylic acids is 2. The largest absolute Gasteiger partial charge is 0.393 e. The van der Waals surface area contributed by atoms with E-state index in [1.807, 2.05) is 14.1 Å². The number of nitrogens with two attached hydrogens (primary N) is 1. The lowest BCUT2D eigenvalue weighted by Gasteiger charge is -2.20. The molecule has 1 unspecified atom stereocenters. The van der Waals surface area contributed by atoms with E-state index in [1.54, 1.807) is 65.4 Å². The van der Waals surface area contributed by atoms with Crippen LogP contribution in [0.2, 0.25) is 5.02 Å². The number of nitrogens with one attached hydrogen (secondary N) is 1. The van der Waals surface area contributed by atoms with Crippen molar-refractivity contribution in [2.24, 2.45) is 4.99 Å². The molecule has 0 bridgehead atoms. The molecule has 0 aromatic heterocycles. The van der Waals surface area contributed by atoms with E-state index in [9.17, 15) is 19.7 Å². The summed E-state index contributed by atoms with van der Waals surface area (Å²) in [5, 5.41) is 14.8. The number of amides is 2. The third kappa shape index (κ3) is 5.45. The summed E-state index contributed by atoms with van der Waals surface area (Å²) in [6.07, 6.45) is 0. The Bertz CT molecular complexity index is 1420. The molecule has 3 aromatic carbocycles. The maximum absolute atomic E-state index is 13.1. The third-order valence-corrected chi connectivity index (χ3v) is 6.19. The molecule has 10 nitrogen and oxygen atoms in total. The van der Waals surface area contributed by atoms with Gasteiger partial charge in [0.1, 0.15) is 11.6 Å². The Morgan fingerprint density at radius 2 is 1.81 bits per heavy atom. The zero-order valence-corrected chi connectivity index (χ0v) is 21.2. The number of carbonyl (C=O) groups is 2. The lowest BCUT2D eigenvalue weighted by molar-refractivity contribution is -0.383. The van der Waals surface area contributed by atoms with Gasteiger partial charge in [-0.1, -0.05) is 23.7 Å².